The zero-order valence-electron chi connectivity index (χ0n) is 12.8. The van der Waals surface area contributed by atoms with Crippen molar-refractivity contribution < 1.29 is 24.2 Å². The highest BCUT2D eigenvalue weighted by Crippen LogP contribution is 2.28. The third kappa shape index (κ3) is 4.23. The van der Waals surface area contributed by atoms with Gasteiger partial charge in [0, 0.05) is 6.54 Å². The third-order valence-corrected chi connectivity index (χ3v) is 4.09. The van der Waals surface area contributed by atoms with Gasteiger partial charge in [0.05, 0.1) is 18.6 Å². The van der Waals surface area contributed by atoms with Crippen LogP contribution in [-0.4, -0.2) is 30.7 Å². The molecule has 2 aromatic rings. The molecule has 0 saturated heterocycles. The number of nitrogens with one attached hydrogen (secondary N) is 1. The number of benzene rings is 1. The Morgan fingerprint density at radius 2 is 1.91 bits per heavy atom. The lowest BCUT2D eigenvalue weighted by Gasteiger charge is -2.11. The van der Waals surface area contributed by atoms with E-state index in [-0.39, 0.29) is 10.8 Å². The summed E-state index contributed by atoms with van der Waals surface area (Å²) in [5.41, 5.74) is 0.859. The standard InChI is InChI=1S/C16H17NO5S/c1-3-22-12-8-10(4-5-11(12)21-2)9-17-15(18)13-6-7-14(23-13)16(19)20/h4-8H,3,9H2,1-2H3,(H,17,18)(H,19,20). The monoisotopic (exact) mass is 335 g/mol. The van der Waals surface area contributed by atoms with Crippen LogP contribution in [-0.2, 0) is 6.54 Å². The number of methoxy groups -OCH3 is 1. The van der Waals surface area contributed by atoms with Gasteiger partial charge in [0.1, 0.15) is 4.88 Å². The fourth-order valence-corrected chi connectivity index (χ4v) is 2.70. The average Bonchev–Trinajstić information content (AvgIpc) is 3.03. The van der Waals surface area contributed by atoms with Crippen LogP contribution in [0.2, 0.25) is 0 Å². The Labute approximate surface area is 137 Å². The molecule has 1 heterocycles. The maximum absolute atomic E-state index is 12.0. The van der Waals surface area contributed by atoms with E-state index in [0.717, 1.165) is 16.9 Å². The van der Waals surface area contributed by atoms with Crippen LogP contribution in [0.3, 0.4) is 0 Å². The second kappa shape index (κ2) is 7.64. The molecular weight excluding hydrogens is 318 g/mol. The minimum atomic E-state index is -1.04. The molecule has 0 aliphatic carbocycles. The second-order valence-corrected chi connectivity index (χ2v) is 5.65. The SMILES string of the molecule is CCOc1cc(CNC(=O)c2ccc(C(=O)O)s2)ccc1OC. The summed E-state index contributed by atoms with van der Waals surface area (Å²) in [6.45, 7) is 2.70. The van der Waals surface area contributed by atoms with Crippen molar-refractivity contribution in [2.75, 3.05) is 13.7 Å². The molecule has 0 unspecified atom stereocenters. The van der Waals surface area contributed by atoms with E-state index in [2.05, 4.69) is 5.32 Å². The van der Waals surface area contributed by atoms with Gasteiger partial charge in [-0.15, -0.1) is 11.3 Å². The number of carbonyl (C=O) groups excluding carboxylic acids is 1. The minimum absolute atomic E-state index is 0.137. The normalized spacial score (nSPS) is 10.2. The molecule has 0 saturated carbocycles. The smallest absolute Gasteiger partial charge is 0.345 e. The summed E-state index contributed by atoms with van der Waals surface area (Å²) in [7, 11) is 1.57. The fourth-order valence-electron chi connectivity index (χ4n) is 1.94. The average molecular weight is 335 g/mol. The number of hydrogen-bond acceptors (Lipinski definition) is 5. The maximum Gasteiger partial charge on any atom is 0.345 e. The van der Waals surface area contributed by atoms with Crippen LogP contribution < -0.4 is 14.8 Å². The van der Waals surface area contributed by atoms with Crippen LogP contribution in [0.4, 0.5) is 0 Å². The van der Waals surface area contributed by atoms with Gasteiger partial charge in [-0.05, 0) is 36.8 Å². The Balaban J connectivity index is 2.03. The van der Waals surface area contributed by atoms with Gasteiger partial charge < -0.3 is 19.9 Å². The van der Waals surface area contributed by atoms with Crippen molar-refractivity contribution in [2.24, 2.45) is 0 Å². The van der Waals surface area contributed by atoms with Crippen LogP contribution in [0, 0.1) is 0 Å². The zero-order valence-corrected chi connectivity index (χ0v) is 13.6. The van der Waals surface area contributed by atoms with E-state index < -0.39 is 5.97 Å². The molecule has 7 heteroatoms. The van der Waals surface area contributed by atoms with Crippen LogP contribution in [0.15, 0.2) is 30.3 Å². The molecular formula is C16H17NO5S. The number of aromatic carboxylic acids is 1. The minimum Gasteiger partial charge on any atom is -0.493 e. The first-order valence-electron chi connectivity index (χ1n) is 6.96. The first-order valence-corrected chi connectivity index (χ1v) is 7.77. The van der Waals surface area contributed by atoms with Gasteiger partial charge in [0.15, 0.2) is 11.5 Å². The molecule has 6 nitrogen and oxygen atoms in total. The lowest BCUT2D eigenvalue weighted by Crippen LogP contribution is -2.21. The zero-order chi connectivity index (χ0) is 16.8. The highest BCUT2D eigenvalue weighted by atomic mass is 32.1. The molecule has 2 rings (SSSR count). The van der Waals surface area contributed by atoms with Crippen molar-refractivity contribution >= 4 is 23.2 Å². The quantitative estimate of drug-likeness (QED) is 0.813. The summed E-state index contributed by atoms with van der Waals surface area (Å²) in [4.78, 5) is 23.4. The number of ether oxygens (including phenoxy) is 2. The predicted octanol–water partition coefficient (Wildman–Crippen LogP) is 2.78. The van der Waals surface area contributed by atoms with E-state index in [1.807, 2.05) is 13.0 Å². The lowest BCUT2D eigenvalue weighted by molar-refractivity contribution is 0.0702. The largest absolute Gasteiger partial charge is 0.493 e. The molecule has 0 atom stereocenters. The van der Waals surface area contributed by atoms with Crippen LogP contribution in [0.25, 0.3) is 0 Å². The Morgan fingerprint density at radius 3 is 2.52 bits per heavy atom. The van der Waals surface area contributed by atoms with Gasteiger partial charge in [0.2, 0.25) is 0 Å². The first-order chi connectivity index (χ1) is 11.0. The summed E-state index contributed by atoms with van der Waals surface area (Å²) in [5.74, 6) is -0.0980. The molecule has 0 aliphatic heterocycles. The molecule has 0 aliphatic rings. The van der Waals surface area contributed by atoms with E-state index >= 15 is 0 Å². The maximum atomic E-state index is 12.0. The van der Waals surface area contributed by atoms with E-state index in [1.165, 1.54) is 12.1 Å². The molecule has 23 heavy (non-hydrogen) atoms. The summed E-state index contributed by atoms with van der Waals surface area (Å²) < 4.78 is 10.7. The Hall–Kier alpha value is -2.54. The van der Waals surface area contributed by atoms with Crippen LogP contribution in [0.5, 0.6) is 11.5 Å². The highest BCUT2D eigenvalue weighted by molar-refractivity contribution is 7.15. The molecule has 0 radical (unpaired) electrons. The molecule has 1 aromatic heterocycles. The van der Waals surface area contributed by atoms with Gasteiger partial charge in [-0.2, -0.15) is 0 Å². The highest BCUT2D eigenvalue weighted by Gasteiger charge is 2.13. The number of hydrogen-bond donors (Lipinski definition) is 2. The lowest BCUT2D eigenvalue weighted by atomic mass is 10.2. The topological polar surface area (TPSA) is 84.9 Å². The number of carboxylic acids is 1. The Bertz CT molecular complexity index is 710. The van der Waals surface area contributed by atoms with Gasteiger partial charge in [0.25, 0.3) is 5.91 Å². The van der Waals surface area contributed by atoms with E-state index in [1.54, 1.807) is 19.2 Å². The summed E-state index contributed by atoms with van der Waals surface area (Å²) in [6.07, 6.45) is 0. The number of amides is 1. The van der Waals surface area contributed by atoms with E-state index in [0.29, 0.717) is 29.5 Å². The third-order valence-electron chi connectivity index (χ3n) is 3.02. The molecule has 0 fully saturated rings. The molecule has 2 N–H and O–H groups in total. The van der Waals surface area contributed by atoms with Crippen molar-refractivity contribution in [3.05, 3.63) is 45.6 Å². The Morgan fingerprint density at radius 1 is 1.17 bits per heavy atom. The van der Waals surface area contributed by atoms with Gasteiger partial charge >= 0.3 is 5.97 Å². The van der Waals surface area contributed by atoms with Crippen molar-refractivity contribution in [2.45, 2.75) is 13.5 Å². The van der Waals surface area contributed by atoms with Gasteiger partial charge in [-0.3, -0.25) is 4.79 Å². The second-order valence-electron chi connectivity index (χ2n) is 4.57. The number of thiophene rings is 1. The van der Waals surface area contributed by atoms with Crippen LogP contribution >= 0.6 is 11.3 Å². The number of carboxylic acid groups (broad SMARTS) is 1. The van der Waals surface area contributed by atoms with Crippen molar-refractivity contribution in [3.63, 3.8) is 0 Å². The van der Waals surface area contributed by atoms with Crippen molar-refractivity contribution in [1.82, 2.24) is 5.32 Å². The molecule has 1 aromatic carbocycles. The fraction of sp³-hybridized carbons (Fsp3) is 0.250. The van der Waals surface area contributed by atoms with E-state index in [9.17, 15) is 9.59 Å². The molecule has 0 spiro atoms. The first kappa shape index (κ1) is 16.8. The summed E-state index contributed by atoms with van der Waals surface area (Å²) in [5, 5.41) is 11.6. The Kier molecular flexibility index (Phi) is 5.59. The van der Waals surface area contributed by atoms with E-state index in [4.69, 9.17) is 14.6 Å². The summed E-state index contributed by atoms with van der Waals surface area (Å²) >= 11 is 0.945. The van der Waals surface area contributed by atoms with Crippen molar-refractivity contribution in [3.8, 4) is 11.5 Å². The number of rotatable bonds is 7. The molecule has 1 amide bonds. The predicted molar refractivity (Wildman–Crippen MR) is 86.6 cm³/mol. The molecule has 122 valence electrons. The van der Waals surface area contributed by atoms with Crippen molar-refractivity contribution in [1.29, 1.82) is 0 Å². The van der Waals surface area contributed by atoms with Crippen LogP contribution in [0.1, 0.15) is 31.8 Å². The van der Waals surface area contributed by atoms with Gasteiger partial charge in [-0.1, -0.05) is 6.07 Å². The molecule has 0 bridgehead atoms. The van der Waals surface area contributed by atoms with Gasteiger partial charge in [-0.25, -0.2) is 4.79 Å². The number of carbonyl (C=O) groups is 2. The summed E-state index contributed by atoms with van der Waals surface area (Å²) in [6, 6.07) is 8.34.